The van der Waals surface area contributed by atoms with E-state index in [0.29, 0.717) is 40.8 Å². The molecule has 0 unspecified atom stereocenters. The maximum Gasteiger partial charge on any atom is 0.246 e. The number of aliphatic hydroxyl groups is 1. The number of thiophene rings is 1. The monoisotopic (exact) mass is 1050 g/mol. The van der Waals surface area contributed by atoms with Crippen molar-refractivity contribution in [2.24, 2.45) is 10.9 Å². The zero-order valence-corrected chi connectivity index (χ0v) is 44.1. The number of hydrogen-bond acceptors (Lipinski definition) is 12. The van der Waals surface area contributed by atoms with E-state index < -0.39 is 47.8 Å². The summed E-state index contributed by atoms with van der Waals surface area (Å²) >= 11 is 9.47. The van der Waals surface area contributed by atoms with Crippen LogP contribution in [0.2, 0.25) is 5.02 Å². The van der Waals surface area contributed by atoms with Crippen LogP contribution < -0.4 is 20.7 Å². The number of aliphatic hydroxyl groups excluding tert-OH is 1. The molecule has 1 aliphatic carbocycles. The molecule has 5 atom stereocenters. The van der Waals surface area contributed by atoms with Gasteiger partial charge >= 0.3 is 0 Å². The third-order valence-corrected chi connectivity index (χ3v) is 16.4. The molecule has 6 aromatic rings. The Bertz CT molecular complexity index is 3070. The minimum Gasteiger partial charge on any atom is -0.490 e. The number of fused-ring (bicyclic) bond motifs is 3. The van der Waals surface area contributed by atoms with Gasteiger partial charge in [-0.05, 0) is 93.5 Å². The lowest BCUT2D eigenvalue weighted by atomic mass is 9.89. The second-order valence-corrected chi connectivity index (χ2v) is 22.2. The molecule has 9 rings (SSSR count). The highest BCUT2D eigenvalue weighted by molar-refractivity contribution is 7.15. The van der Waals surface area contributed by atoms with Crippen LogP contribution >= 0.6 is 34.3 Å². The predicted octanol–water partition coefficient (Wildman–Crippen LogP) is 8.40. The summed E-state index contributed by atoms with van der Waals surface area (Å²) in [7, 11) is 0. The molecule has 15 nitrogen and oxygen atoms in total. The number of nitrogens with one attached hydrogen (secondary N) is 3. The van der Waals surface area contributed by atoms with E-state index in [2.05, 4.69) is 45.0 Å². The molecule has 19 heteroatoms. The van der Waals surface area contributed by atoms with Crippen molar-refractivity contribution in [3.63, 3.8) is 0 Å². The summed E-state index contributed by atoms with van der Waals surface area (Å²) < 4.78 is 23.2. The third-order valence-electron chi connectivity index (χ3n) is 14.0. The van der Waals surface area contributed by atoms with Crippen LogP contribution in [0.3, 0.4) is 0 Å². The van der Waals surface area contributed by atoms with Gasteiger partial charge in [0.1, 0.15) is 46.6 Å². The Balaban J connectivity index is 0.770. The number of nitrogens with zero attached hydrogens (tertiary/aromatic N) is 6. The first-order valence-corrected chi connectivity index (χ1v) is 26.7. The van der Waals surface area contributed by atoms with E-state index in [1.807, 2.05) is 79.4 Å². The number of likely N-dealkylation sites (tertiary alicyclic amines) is 1. The summed E-state index contributed by atoms with van der Waals surface area (Å²) in [5.41, 5.74) is 8.94. The van der Waals surface area contributed by atoms with E-state index in [1.54, 1.807) is 42.6 Å². The standard InChI is InChI=1S/C54H59ClFN9O6S2/c1-27(2)48(53(70)64-25-40(66)23-44(64)52(69)58-29(4)34-9-11-36(12-10-34)50-30(5)57-26-72-50)61-45(67)17-8-33-18-38(56)20-41(19-33)71-42-21-39(22-42)59-46(68)24-43-51-63-62-32(7)65(51)54-47(28(3)31(6)73-54)49(60-43)35-13-15-37(55)16-14-35/h9-16,18-20,26-27,29,39-40,42-44,48,66H,8,17,21-25H2,1-7H3,(H,58,69)(H,59,68)(H,61,67)/t29-,39?,40+,42?,43-,44-,48-/m0/s1. The Hall–Kier alpha value is -6.34. The van der Waals surface area contributed by atoms with Crippen molar-refractivity contribution in [1.29, 1.82) is 0 Å². The van der Waals surface area contributed by atoms with Gasteiger partial charge in [-0.3, -0.25) is 28.7 Å². The topological polar surface area (TPSA) is 193 Å². The molecule has 3 aromatic heterocycles. The van der Waals surface area contributed by atoms with Crippen molar-refractivity contribution in [2.75, 3.05) is 6.54 Å². The first-order valence-electron chi connectivity index (χ1n) is 24.6. The van der Waals surface area contributed by atoms with E-state index in [0.717, 1.165) is 54.0 Å². The minimum atomic E-state index is -0.967. The molecule has 382 valence electrons. The van der Waals surface area contributed by atoms with E-state index >= 15 is 4.39 Å². The Kier molecular flexibility index (Phi) is 15.3. The molecule has 1 saturated carbocycles. The number of aromatic nitrogens is 4. The lowest BCUT2D eigenvalue weighted by molar-refractivity contribution is -0.142. The molecule has 0 radical (unpaired) electrons. The number of rotatable bonds is 16. The summed E-state index contributed by atoms with van der Waals surface area (Å²) in [6.07, 6.45) is 0.0773. The van der Waals surface area contributed by atoms with Crippen LogP contribution in [0.15, 0.2) is 77.2 Å². The maximum atomic E-state index is 15.0. The Labute approximate surface area is 436 Å². The number of aliphatic imine (C=N–C) groups is 1. The largest absolute Gasteiger partial charge is 0.490 e. The van der Waals surface area contributed by atoms with Crippen LogP contribution in [0.25, 0.3) is 15.4 Å². The smallest absolute Gasteiger partial charge is 0.246 e. The second-order valence-electron chi connectivity index (χ2n) is 19.7. The van der Waals surface area contributed by atoms with E-state index in [4.69, 9.17) is 21.3 Å². The number of carbonyl (C=O) groups is 4. The molecule has 1 saturated heterocycles. The van der Waals surface area contributed by atoms with Gasteiger partial charge in [0.25, 0.3) is 0 Å². The van der Waals surface area contributed by atoms with Gasteiger partial charge in [0.15, 0.2) is 5.82 Å². The third kappa shape index (κ3) is 11.3. The van der Waals surface area contributed by atoms with Gasteiger partial charge in [-0.2, -0.15) is 0 Å². The molecule has 3 aliphatic rings. The first kappa shape index (κ1) is 51.6. The molecular formula is C54H59ClFN9O6S2. The Morgan fingerprint density at radius 1 is 0.918 bits per heavy atom. The van der Waals surface area contributed by atoms with Crippen LogP contribution in [0.5, 0.6) is 5.75 Å². The molecule has 5 heterocycles. The minimum absolute atomic E-state index is 0.0428. The van der Waals surface area contributed by atoms with Crippen molar-refractivity contribution in [3.8, 4) is 21.2 Å². The van der Waals surface area contributed by atoms with Gasteiger partial charge in [-0.15, -0.1) is 32.9 Å². The number of carbonyl (C=O) groups excluding carboxylic acids is 4. The van der Waals surface area contributed by atoms with E-state index in [-0.39, 0.29) is 62.2 Å². The fourth-order valence-corrected chi connectivity index (χ4v) is 11.9. The molecule has 0 bridgehead atoms. The highest BCUT2D eigenvalue weighted by Crippen LogP contribution is 2.40. The molecule has 2 aliphatic heterocycles. The number of benzene rings is 3. The fraction of sp³-hybridized carbons (Fsp3) is 0.407. The number of halogens is 2. The number of aryl methyl sites for hydroxylation is 4. The van der Waals surface area contributed by atoms with Crippen LogP contribution in [0.4, 0.5) is 4.39 Å². The van der Waals surface area contributed by atoms with Gasteiger partial charge in [0.2, 0.25) is 23.6 Å². The van der Waals surface area contributed by atoms with Gasteiger partial charge in [-0.1, -0.05) is 61.8 Å². The first-order chi connectivity index (χ1) is 34.9. The lowest BCUT2D eigenvalue weighted by Crippen LogP contribution is -2.55. The summed E-state index contributed by atoms with van der Waals surface area (Å²) in [4.78, 5) is 68.0. The van der Waals surface area contributed by atoms with Crippen LogP contribution in [0.1, 0.15) is 115 Å². The van der Waals surface area contributed by atoms with Crippen molar-refractivity contribution in [2.45, 2.75) is 129 Å². The Morgan fingerprint density at radius 3 is 2.34 bits per heavy atom. The van der Waals surface area contributed by atoms with Crippen molar-refractivity contribution in [3.05, 3.63) is 133 Å². The normalized spacial score (nSPS) is 20.0. The number of ether oxygens (including phenoxy) is 1. The number of amides is 4. The zero-order valence-electron chi connectivity index (χ0n) is 41.7. The second kappa shape index (κ2) is 21.6. The average molecular weight is 1050 g/mol. The summed E-state index contributed by atoms with van der Waals surface area (Å²) in [6, 6.07) is 16.7. The highest BCUT2D eigenvalue weighted by atomic mass is 35.5. The zero-order chi connectivity index (χ0) is 51.8. The highest BCUT2D eigenvalue weighted by Gasteiger charge is 2.43. The molecule has 4 N–H and O–H groups in total. The van der Waals surface area contributed by atoms with Crippen molar-refractivity contribution < 1.29 is 33.4 Å². The predicted molar refractivity (Wildman–Crippen MR) is 280 cm³/mol. The molecular weight excluding hydrogens is 989 g/mol. The molecule has 2 fully saturated rings. The summed E-state index contributed by atoms with van der Waals surface area (Å²) in [5, 5.41) is 30.1. The van der Waals surface area contributed by atoms with Gasteiger partial charge < -0.3 is 30.7 Å². The number of hydrogen-bond donors (Lipinski definition) is 4. The number of β-amino-alcohol motifs (C(OH)–C–C–N with tert-alkyl or cyclic N) is 1. The van der Waals surface area contributed by atoms with Gasteiger partial charge in [0, 0.05) is 65.4 Å². The van der Waals surface area contributed by atoms with E-state index in [1.165, 1.54) is 17.0 Å². The molecule has 0 spiro atoms. The maximum absolute atomic E-state index is 15.0. The van der Waals surface area contributed by atoms with E-state index in [9.17, 15) is 24.3 Å². The van der Waals surface area contributed by atoms with Crippen LogP contribution in [-0.4, -0.2) is 96.0 Å². The fourth-order valence-electron chi connectivity index (χ4n) is 9.80. The van der Waals surface area contributed by atoms with Gasteiger partial charge in [0.05, 0.1) is 40.4 Å². The van der Waals surface area contributed by atoms with Crippen molar-refractivity contribution in [1.82, 2.24) is 40.6 Å². The summed E-state index contributed by atoms with van der Waals surface area (Å²) in [6.45, 7) is 13.4. The van der Waals surface area contributed by atoms with Crippen LogP contribution in [-0.2, 0) is 25.6 Å². The summed E-state index contributed by atoms with van der Waals surface area (Å²) in [5.74, 6) is -0.728. The average Bonchev–Trinajstić information content (AvgIpc) is 4.11. The molecule has 3 aromatic carbocycles. The Morgan fingerprint density at radius 2 is 1.64 bits per heavy atom. The SMILES string of the molecule is Cc1ncsc1-c1ccc([C@H](C)NC(=O)[C@@H]2C[C@@H](O)CN2C(=O)[C@@H](NC(=O)CCc2cc(F)cc(OC3CC(NC(=O)C[C@@H]4N=C(c5ccc(Cl)cc5)c5c(sc(C)c5C)-n5c(C)nnc54)C3)c2)C(C)C)cc1. The van der Waals surface area contributed by atoms with Gasteiger partial charge in [-0.25, -0.2) is 9.37 Å². The quantitative estimate of drug-likeness (QED) is 0.0737. The van der Waals surface area contributed by atoms with Crippen molar-refractivity contribution >= 4 is 63.6 Å². The number of thiazole rings is 1. The molecule has 73 heavy (non-hydrogen) atoms. The molecule has 4 amide bonds. The lowest BCUT2D eigenvalue weighted by Gasteiger charge is -2.36. The van der Waals surface area contributed by atoms with Crippen LogP contribution in [0, 0.1) is 39.4 Å².